The second kappa shape index (κ2) is 8.99. The van der Waals surface area contributed by atoms with Gasteiger partial charge in [0.2, 0.25) is 0 Å². The number of methoxy groups -OCH3 is 1. The molecule has 0 unspecified atom stereocenters. The molecule has 2 heterocycles. The molecule has 178 valence electrons. The van der Waals surface area contributed by atoms with Gasteiger partial charge in [0.15, 0.2) is 0 Å². The summed E-state index contributed by atoms with van der Waals surface area (Å²) in [7, 11) is 1.59. The molecule has 3 rings (SSSR count). The molecule has 0 bridgehead atoms. The molecule has 0 atom stereocenters. The highest BCUT2D eigenvalue weighted by Gasteiger charge is 2.39. The van der Waals surface area contributed by atoms with E-state index >= 15 is 0 Å². The molecule has 2 aromatic rings. The van der Waals surface area contributed by atoms with Crippen LogP contribution in [0.1, 0.15) is 63.9 Å². The van der Waals surface area contributed by atoms with E-state index in [9.17, 15) is 14.4 Å². The summed E-state index contributed by atoms with van der Waals surface area (Å²) in [4.78, 5) is 40.1. The molecular formula is C22H34N4O5S. The number of nitrogens with one attached hydrogen (secondary N) is 2. The Balaban J connectivity index is 1.95. The van der Waals surface area contributed by atoms with Gasteiger partial charge < -0.3 is 9.47 Å². The van der Waals surface area contributed by atoms with Gasteiger partial charge in [0.1, 0.15) is 10.4 Å². The molecule has 0 radical (unpaired) electrons. The van der Waals surface area contributed by atoms with E-state index in [1.54, 1.807) is 32.4 Å². The molecule has 0 spiro atoms. The van der Waals surface area contributed by atoms with Crippen LogP contribution in [0.15, 0.2) is 9.59 Å². The molecule has 1 amide bonds. The van der Waals surface area contributed by atoms with Gasteiger partial charge in [-0.05, 0) is 51.5 Å². The topological polar surface area (TPSA) is 104 Å². The number of carbonyl (C=O) groups is 1. The molecule has 1 fully saturated rings. The predicted octanol–water partition coefficient (Wildman–Crippen LogP) is 3.07. The maximum Gasteiger partial charge on any atom is 0.422 e. The number of aromatic nitrogens is 2. The second-order valence-electron chi connectivity index (χ2n) is 10.1. The number of fused-ring (bicyclic) bond motifs is 1. The van der Waals surface area contributed by atoms with Crippen LogP contribution in [-0.4, -0.2) is 34.5 Å². The minimum atomic E-state index is -0.599. The van der Waals surface area contributed by atoms with Crippen LogP contribution in [0, 0.1) is 12.3 Å². The van der Waals surface area contributed by atoms with Gasteiger partial charge in [-0.25, -0.2) is 15.0 Å². The molecular weight excluding hydrogens is 432 g/mol. The van der Waals surface area contributed by atoms with Crippen molar-refractivity contribution in [3.8, 4) is 0 Å². The van der Waals surface area contributed by atoms with E-state index < -0.39 is 11.7 Å². The van der Waals surface area contributed by atoms with Gasteiger partial charge in [0.25, 0.3) is 5.56 Å². The van der Waals surface area contributed by atoms with E-state index in [1.807, 2.05) is 6.92 Å². The summed E-state index contributed by atoms with van der Waals surface area (Å²) in [6, 6.07) is -0.0853. The highest BCUT2D eigenvalue weighted by molar-refractivity contribution is 7.18. The highest BCUT2D eigenvalue weighted by Crippen LogP contribution is 2.46. The lowest BCUT2D eigenvalue weighted by Crippen LogP contribution is -2.48. The maximum absolute atomic E-state index is 13.4. The van der Waals surface area contributed by atoms with Gasteiger partial charge in [-0.2, -0.15) is 0 Å². The van der Waals surface area contributed by atoms with Crippen molar-refractivity contribution in [1.29, 1.82) is 0 Å². The number of ether oxygens (including phenoxy) is 2. The summed E-state index contributed by atoms with van der Waals surface area (Å²) in [5.41, 5.74) is 5.20. The summed E-state index contributed by atoms with van der Waals surface area (Å²) in [5.74, 6) is 0. The smallest absolute Gasteiger partial charge is 0.422 e. The lowest BCUT2D eigenvalue weighted by molar-refractivity contribution is 0.0497. The molecule has 0 saturated heterocycles. The van der Waals surface area contributed by atoms with Crippen molar-refractivity contribution in [2.24, 2.45) is 5.41 Å². The normalized spacial score (nSPS) is 16.2. The SMILES string of the molecule is COCCn1c(=O)n(C2CC(C)(C)C2)c(=O)c2c(C)c(CNNC(=O)OC(C)(C)C)sc21. The maximum atomic E-state index is 13.4. The van der Waals surface area contributed by atoms with Gasteiger partial charge in [-0.3, -0.25) is 19.4 Å². The number of rotatable bonds is 7. The number of hydrazine groups is 1. The van der Waals surface area contributed by atoms with Gasteiger partial charge in [0, 0.05) is 24.6 Å². The number of carbonyl (C=O) groups excluding carboxylic acids is 1. The molecule has 1 aliphatic rings. The lowest BCUT2D eigenvalue weighted by atomic mass is 9.68. The monoisotopic (exact) mass is 466 g/mol. The number of aryl methyl sites for hydroxylation is 1. The summed E-state index contributed by atoms with van der Waals surface area (Å²) in [5, 5.41) is 0.560. The van der Waals surface area contributed by atoms with E-state index in [2.05, 4.69) is 24.7 Å². The zero-order valence-corrected chi connectivity index (χ0v) is 20.8. The van der Waals surface area contributed by atoms with Crippen LogP contribution in [0.25, 0.3) is 10.2 Å². The first-order valence-corrected chi connectivity index (χ1v) is 11.6. The minimum absolute atomic E-state index is 0.0853. The van der Waals surface area contributed by atoms with Crippen molar-refractivity contribution in [2.45, 2.75) is 79.1 Å². The first-order chi connectivity index (χ1) is 14.8. The van der Waals surface area contributed by atoms with Crippen LogP contribution < -0.4 is 22.1 Å². The van der Waals surface area contributed by atoms with Crippen molar-refractivity contribution < 1.29 is 14.3 Å². The van der Waals surface area contributed by atoms with Crippen molar-refractivity contribution in [3.63, 3.8) is 0 Å². The van der Waals surface area contributed by atoms with Crippen molar-refractivity contribution >= 4 is 27.6 Å². The van der Waals surface area contributed by atoms with Crippen molar-refractivity contribution in [3.05, 3.63) is 31.3 Å². The molecule has 9 nitrogen and oxygen atoms in total. The first-order valence-electron chi connectivity index (χ1n) is 10.8. The van der Waals surface area contributed by atoms with E-state index in [4.69, 9.17) is 9.47 Å². The number of hydrogen-bond acceptors (Lipinski definition) is 7. The van der Waals surface area contributed by atoms with E-state index in [1.165, 1.54) is 15.9 Å². The Morgan fingerprint density at radius 1 is 1.25 bits per heavy atom. The molecule has 2 N–H and O–H groups in total. The number of nitrogens with zero attached hydrogens (tertiary/aromatic N) is 2. The average Bonchev–Trinajstić information content (AvgIpc) is 2.95. The van der Waals surface area contributed by atoms with Gasteiger partial charge in [-0.15, -0.1) is 11.3 Å². The van der Waals surface area contributed by atoms with Crippen molar-refractivity contribution in [2.75, 3.05) is 13.7 Å². The fraction of sp³-hybridized carbons (Fsp3) is 0.682. The van der Waals surface area contributed by atoms with Crippen LogP contribution in [0.5, 0.6) is 0 Å². The third-order valence-electron chi connectivity index (χ3n) is 5.64. The molecule has 2 aromatic heterocycles. The Hall–Kier alpha value is -2.17. The molecule has 1 saturated carbocycles. The quantitative estimate of drug-likeness (QED) is 0.608. The zero-order valence-electron chi connectivity index (χ0n) is 20.0. The fourth-order valence-electron chi connectivity index (χ4n) is 4.18. The molecule has 0 aliphatic heterocycles. The van der Waals surface area contributed by atoms with Crippen LogP contribution in [0.3, 0.4) is 0 Å². The minimum Gasteiger partial charge on any atom is -0.443 e. The first kappa shape index (κ1) is 24.5. The van der Waals surface area contributed by atoms with Crippen LogP contribution in [0.4, 0.5) is 4.79 Å². The molecule has 32 heavy (non-hydrogen) atoms. The Morgan fingerprint density at radius 2 is 1.91 bits per heavy atom. The summed E-state index contributed by atoms with van der Waals surface area (Å²) in [6.45, 7) is 12.6. The van der Waals surface area contributed by atoms with E-state index in [0.29, 0.717) is 29.9 Å². The Kier molecular flexibility index (Phi) is 6.88. The largest absolute Gasteiger partial charge is 0.443 e. The fourth-order valence-corrected chi connectivity index (χ4v) is 5.43. The Morgan fingerprint density at radius 3 is 2.47 bits per heavy atom. The predicted molar refractivity (Wildman–Crippen MR) is 125 cm³/mol. The number of thiophene rings is 1. The molecule has 10 heteroatoms. The van der Waals surface area contributed by atoms with Crippen LogP contribution in [0.2, 0.25) is 0 Å². The van der Waals surface area contributed by atoms with Gasteiger partial charge >= 0.3 is 11.8 Å². The van der Waals surface area contributed by atoms with Gasteiger partial charge in [-0.1, -0.05) is 13.8 Å². The molecule has 1 aliphatic carbocycles. The second-order valence-corrected chi connectivity index (χ2v) is 11.2. The summed E-state index contributed by atoms with van der Waals surface area (Å²) < 4.78 is 13.5. The number of hydrogen-bond donors (Lipinski definition) is 2. The average molecular weight is 467 g/mol. The summed E-state index contributed by atoms with van der Waals surface area (Å²) in [6.07, 6.45) is 1.02. The van der Waals surface area contributed by atoms with E-state index in [-0.39, 0.29) is 22.7 Å². The van der Waals surface area contributed by atoms with E-state index in [0.717, 1.165) is 23.3 Å². The Labute approximate surface area is 191 Å². The Bertz CT molecular complexity index is 1110. The molecule has 0 aromatic carbocycles. The lowest BCUT2D eigenvalue weighted by Gasteiger charge is -2.43. The third kappa shape index (κ3) is 5.07. The zero-order chi connectivity index (χ0) is 23.8. The standard InChI is InChI=1S/C22H34N4O5S/c1-13-15(12-23-24-19(28)31-21(2,3)4)32-18-16(13)17(27)26(14-10-22(5,6)11-14)20(29)25(18)8-9-30-7/h14,23H,8-12H2,1-7H3,(H,24,28). The third-order valence-corrected chi connectivity index (χ3v) is 6.96. The van der Waals surface area contributed by atoms with Crippen LogP contribution in [-0.2, 0) is 22.6 Å². The summed E-state index contributed by atoms with van der Waals surface area (Å²) >= 11 is 1.38. The highest BCUT2D eigenvalue weighted by atomic mass is 32.1. The number of amides is 1. The van der Waals surface area contributed by atoms with Crippen molar-refractivity contribution in [1.82, 2.24) is 20.0 Å². The van der Waals surface area contributed by atoms with Gasteiger partial charge in [0.05, 0.1) is 18.5 Å². The van der Waals surface area contributed by atoms with Crippen LogP contribution >= 0.6 is 11.3 Å².